The number of benzene rings is 1. The summed E-state index contributed by atoms with van der Waals surface area (Å²) in [5.74, 6) is 0.752. The first-order chi connectivity index (χ1) is 9.22. The standard InChI is InChI=1S/C13H8Cl2N4/c14-11-3-10(4-12(15)5-11)9-1-2-13(16-6-9)19-7-17-18-8-19/h1-8H. The Bertz CT molecular complexity index is 673. The number of hydrogen-bond donors (Lipinski definition) is 0. The van der Waals surface area contributed by atoms with E-state index in [2.05, 4.69) is 15.2 Å². The van der Waals surface area contributed by atoms with Crippen LogP contribution < -0.4 is 0 Å². The molecule has 2 heterocycles. The summed E-state index contributed by atoms with van der Waals surface area (Å²) in [6, 6.07) is 9.23. The fourth-order valence-electron chi connectivity index (χ4n) is 1.75. The summed E-state index contributed by atoms with van der Waals surface area (Å²) in [6.45, 7) is 0. The van der Waals surface area contributed by atoms with Crippen LogP contribution in [0.3, 0.4) is 0 Å². The summed E-state index contributed by atoms with van der Waals surface area (Å²) in [6.07, 6.45) is 4.95. The van der Waals surface area contributed by atoms with E-state index in [0.717, 1.165) is 16.9 Å². The Labute approximate surface area is 119 Å². The van der Waals surface area contributed by atoms with Gasteiger partial charge in [-0.3, -0.25) is 4.57 Å². The van der Waals surface area contributed by atoms with Gasteiger partial charge in [0.05, 0.1) is 0 Å². The second kappa shape index (κ2) is 4.99. The highest BCUT2D eigenvalue weighted by molar-refractivity contribution is 6.35. The predicted molar refractivity (Wildman–Crippen MR) is 74.6 cm³/mol. The quantitative estimate of drug-likeness (QED) is 0.724. The molecule has 94 valence electrons. The minimum absolute atomic E-state index is 0.602. The molecule has 0 atom stereocenters. The maximum Gasteiger partial charge on any atom is 0.139 e. The van der Waals surface area contributed by atoms with Crippen LogP contribution in [0.1, 0.15) is 0 Å². The van der Waals surface area contributed by atoms with Crippen molar-refractivity contribution >= 4 is 23.2 Å². The molecule has 0 saturated carbocycles. The Morgan fingerprint density at radius 1 is 0.842 bits per heavy atom. The molecule has 0 amide bonds. The maximum absolute atomic E-state index is 5.99. The van der Waals surface area contributed by atoms with E-state index in [1.807, 2.05) is 24.3 Å². The summed E-state index contributed by atoms with van der Waals surface area (Å²) < 4.78 is 1.73. The van der Waals surface area contributed by atoms with Gasteiger partial charge >= 0.3 is 0 Å². The van der Waals surface area contributed by atoms with E-state index in [-0.39, 0.29) is 0 Å². The van der Waals surface area contributed by atoms with Crippen LogP contribution in [0.4, 0.5) is 0 Å². The summed E-state index contributed by atoms with van der Waals surface area (Å²) in [5.41, 5.74) is 1.88. The van der Waals surface area contributed by atoms with Gasteiger partial charge in [-0.15, -0.1) is 10.2 Å². The van der Waals surface area contributed by atoms with Crippen molar-refractivity contribution in [2.45, 2.75) is 0 Å². The highest BCUT2D eigenvalue weighted by Crippen LogP contribution is 2.27. The molecule has 0 unspecified atom stereocenters. The first kappa shape index (κ1) is 12.1. The molecule has 3 rings (SSSR count). The van der Waals surface area contributed by atoms with E-state index in [1.54, 1.807) is 29.5 Å². The van der Waals surface area contributed by atoms with Crippen molar-refractivity contribution < 1.29 is 0 Å². The van der Waals surface area contributed by atoms with E-state index in [9.17, 15) is 0 Å². The lowest BCUT2D eigenvalue weighted by Gasteiger charge is -2.05. The molecule has 0 fully saturated rings. The van der Waals surface area contributed by atoms with Gasteiger partial charge in [-0.2, -0.15) is 0 Å². The second-order valence-corrected chi connectivity index (χ2v) is 4.81. The van der Waals surface area contributed by atoms with Crippen LogP contribution in [0.25, 0.3) is 16.9 Å². The molecule has 0 spiro atoms. The number of pyridine rings is 1. The topological polar surface area (TPSA) is 43.6 Å². The summed E-state index contributed by atoms with van der Waals surface area (Å²) in [7, 11) is 0. The highest BCUT2D eigenvalue weighted by Gasteiger charge is 2.03. The van der Waals surface area contributed by atoms with Crippen LogP contribution in [0.15, 0.2) is 49.2 Å². The molecule has 0 aliphatic heterocycles. The van der Waals surface area contributed by atoms with Gasteiger partial charge in [0.1, 0.15) is 18.5 Å². The third-order valence-corrected chi connectivity index (χ3v) is 3.06. The van der Waals surface area contributed by atoms with Crippen LogP contribution in [0.2, 0.25) is 10.0 Å². The van der Waals surface area contributed by atoms with Gasteiger partial charge < -0.3 is 0 Å². The van der Waals surface area contributed by atoms with E-state index in [0.29, 0.717) is 10.0 Å². The van der Waals surface area contributed by atoms with Gasteiger partial charge in [0.15, 0.2) is 0 Å². The monoisotopic (exact) mass is 290 g/mol. The molecule has 0 saturated heterocycles. The summed E-state index contributed by atoms with van der Waals surface area (Å²) in [4.78, 5) is 4.35. The van der Waals surface area contributed by atoms with E-state index in [1.165, 1.54) is 0 Å². The van der Waals surface area contributed by atoms with Crippen LogP contribution >= 0.6 is 23.2 Å². The molecular weight excluding hydrogens is 283 g/mol. The molecule has 0 bridgehead atoms. The third kappa shape index (κ3) is 2.59. The number of hydrogen-bond acceptors (Lipinski definition) is 3. The SMILES string of the molecule is Clc1cc(Cl)cc(-c2ccc(-n3cnnc3)nc2)c1. The molecule has 3 aromatic rings. The van der Waals surface area contributed by atoms with Crippen molar-refractivity contribution in [1.29, 1.82) is 0 Å². The lowest BCUT2D eigenvalue weighted by molar-refractivity contribution is 0.992. The molecule has 4 nitrogen and oxygen atoms in total. The van der Waals surface area contributed by atoms with Crippen molar-refractivity contribution in [3.63, 3.8) is 0 Å². The van der Waals surface area contributed by atoms with Gasteiger partial charge in [0.2, 0.25) is 0 Å². The van der Waals surface area contributed by atoms with Gasteiger partial charge in [-0.1, -0.05) is 23.2 Å². The maximum atomic E-state index is 5.99. The zero-order valence-electron chi connectivity index (χ0n) is 9.66. The van der Waals surface area contributed by atoms with E-state index < -0.39 is 0 Å². The fraction of sp³-hybridized carbons (Fsp3) is 0. The van der Waals surface area contributed by atoms with E-state index >= 15 is 0 Å². The Morgan fingerprint density at radius 3 is 2.11 bits per heavy atom. The lowest BCUT2D eigenvalue weighted by atomic mass is 10.1. The van der Waals surface area contributed by atoms with Crippen LogP contribution in [0.5, 0.6) is 0 Å². The first-order valence-corrected chi connectivity index (χ1v) is 6.25. The van der Waals surface area contributed by atoms with Gasteiger partial charge in [-0.25, -0.2) is 4.98 Å². The summed E-state index contributed by atoms with van der Waals surface area (Å²) in [5, 5.41) is 8.69. The minimum Gasteiger partial charge on any atom is -0.272 e. The molecule has 0 aliphatic rings. The largest absolute Gasteiger partial charge is 0.272 e. The average molecular weight is 291 g/mol. The van der Waals surface area contributed by atoms with Crippen molar-refractivity contribution in [3.05, 3.63) is 59.2 Å². The van der Waals surface area contributed by atoms with Crippen molar-refractivity contribution in [2.75, 3.05) is 0 Å². The Morgan fingerprint density at radius 2 is 1.53 bits per heavy atom. The second-order valence-electron chi connectivity index (χ2n) is 3.93. The first-order valence-electron chi connectivity index (χ1n) is 5.50. The molecule has 0 radical (unpaired) electrons. The van der Waals surface area contributed by atoms with Gasteiger partial charge in [-0.05, 0) is 35.9 Å². The van der Waals surface area contributed by atoms with Crippen molar-refractivity contribution in [2.24, 2.45) is 0 Å². The van der Waals surface area contributed by atoms with Gasteiger partial charge in [0, 0.05) is 21.8 Å². The predicted octanol–water partition coefficient (Wildman–Crippen LogP) is 3.64. The minimum atomic E-state index is 0.602. The van der Waals surface area contributed by atoms with Crippen LogP contribution in [-0.4, -0.2) is 19.7 Å². The van der Waals surface area contributed by atoms with Crippen molar-refractivity contribution in [1.82, 2.24) is 19.7 Å². The molecular formula is C13H8Cl2N4. The smallest absolute Gasteiger partial charge is 0.139 e. The number of nitrogens with zero attached hydrogens (tertiary/aromatic N) is 4. The zero-order valence-corrected chi connectivity index (χ0v) is 11.2. The number of halogens is 2. The molecule has 2 aromatic heterocycles. The fourth-order valence-corrected chi connectivity index (χ4v) is 2.28. The number of rotatable bonds is 2. The Hall–Kier alpha value is -1.91. The normalized spacial score (nSPS) is 10.6. The molecule has 19 heavy (non-hydrogen) atoms. The average Bonchev–Trinajstić information content (AvgIpc) is 2.91. The molecule has 1 aromatic carbocycles. The molecule has 6 heteroatoms. The number of aromatic nitrogens is 4. The third-order valence-electron chi connectivity index (χ3n) is 2.63. The summed E-state index contributed by atoms with van der Waals surface area (Å²) >= 11 is 12.0. The lowest BCUT2D eigenvalue weighted by Crippen LogP contribution is -1.93. The van der Waals surface area contributed by atoms with Crippen LogP contribution in [0, 0.1) is 0 Å². The Kier molecular flexibility index (Phi) is 3.19. The Balaban J connectivity index is 1.98. The van der Waals surface area contributed by atoms with E-state index in [4.69, 9.17) is 23.2 Å². The van der Waals surface area contributed by atoms with Crippen molar-refractivity contribution in [3.8, 4) is 16.9 Å². The molecule has 0 N–H and O–H groups in total. The van der Waals surface area contributed by atoms with Crippen LogP contribution in [-0.2, 0) is 0 Å². The van der Waals surface area contributed by atoms with Gasteiger partial charge in [0.25, 0.3) is 0 Å². The molecule has 0 aliphatic carbocycles. The zero-order chi connectivity index (χ0) is 13.2. The highest BCUT2D eigenvalue weighted by atomic mass is 35.5.